The van der Waals surface area contributed by atoms with Crippen LogP contribution in [0.3, 0.4) is 0 Å². The van der Waals surface area contributed by atoms with Crippen LogP contribution < -0.4 is 5.32 Å². The molecule has 0 aliphatic rings. The van der Waals surface area contributed by atoms with E-state index in [-0.39, 0.29) is 18.1 Å². The Balaban J connectivity index is 2.04. The molecule has 0 spiro atoms. The Morgan fingerprint density at radius 1 is 1.41 bits per heavy atom. The standard InChI is InChI=1S/C14H17N5O3/c1-17(2)8-11-5-3-4-6-13(11)16-14(20)10-18-9-12(7-15-18)19(21)22/h3-7,9H,8,10H2,1-2H3,(H,16,20). The lowest BCUT2D eigenvalue weighted by molar-refractivity contribution is -0.385. The number of rotatable bonds is 6. The summed E-state index contributed by atoms with van der Waals surface area (Å²) < 4.78 is 1.24. The van der Waals surface area contributed by atoms with E-state index in [0.717, 1.165) is 17.4 Å². The average Bonchev–Trinajstić information content (AvgIpc) is 2.89. The van der Waals surface area contributed by atoms with Crippen LogP contribution in [-0.2, 0) is 17.9 Å². The third-order valence-corrected chi connectivity index (χ3v) is 2.91. The van der Waals surface area contributed by atoms with Crippen molar-refractivity contribution in [2.24, 2.45) is 0 Å². The molecule has 1 N–H and O–H groups in total. The van der Waals surface area contributed by atoms with E-state index >= 15 is 0 Å². The first kappa shape index (κ1) is 15.6. The number of amides is 1. The van der Waals surface area contributed by atoms with Crippen molar-refractivity contribution >= 4 is 17.3 Å². The molecule has 0 radical (unpaired) electrons. The van der Waals surface area contributed by atoms with Gasteiger partial charge in [-0.05, 0) is 25.7 Å². The van der Waals surface area contributed by atoms with Gasteiger partial charge in [0.2, 0.25) is 5.91 Å². The maximum absolute atomic E-state index is 12.0. The fourth-order valence-corrected chi connectivity index (χ4v) is 1.99. The van der Waals surface area contributed by atoms with Crippen molar-refractivity contribution in [3.8, 4) is 0 Å². The maximum Gasteiger partial charge on any atom is 0.307 e. The zero-order valence-corrected chi connectivity index (χ0v) is 12.4. The third-order valence-electron chi connectivity index (χ3n) is 2.91. The van der Waals surface area contributed by atoms with Gasteiger partial charge < -0.3 is 10.2 Å². The Morgan fingerprint density at radius 3 is 2.77 bits per heavy atom. The van der Waals surface area contributed by atoms with Crippen LogP contribution in [0, 0.1) is 10.1 Å². The van der Waals surface area contributed by atoms with E-state index < -0.39 is 4.92 Å². The van der Waals surface area contributed by atoms with Gasteiger partial charge in [-0.1, -0.05) is 18.2 Å². The first-order valence-corrected chi connectivity index (χ1v) is 6.65. The van der Waals surface area contributed by atoms with Gasteiger partial charge in [0.15, 0.2) is 0 Å². The van der Waals surface area contributed by atoms with Crippen LogP contribution in [0.1, 0.15) is 5.56 Å². The van der Waals surface area contributed by atoms with Crippen molar-refractivity contribution in [2.45, 2.75) is 13.1 Å². The molecular weight excluding hydrogens is 286 g/mol. The minimum absolute atomic E-state index is 0.0792. The molecule has 1 heterocycles. The summed E-state index contributed by atoms with van der Waals surface area (Å²) in [5, 5.41) is 17.2. The molecule has 0 aliphatic heterocycles. The SMILES string of the molecule is CN(C)Cc1ccccc1NC(=O)Cn1cc([N+](=O)[O-])cn1. The first-order chi connectivity index (χ1) is 10.5. The Bertz CT molecular complexity index is 681. The Hall–Kier alpha value is -2.74. The summed E-state index contributed by atoms with van der Waals surface area (Å²) >= 11 is 0. The van der Waals surface area contributed by atoms with E-state index in [0.29, 0.717) is 6.54 Å². The summed E-state index contributed by atoms with van der Waals surface area (Å²) in [4.78, 5) is 24.1. The molecule has 0 saturated heterocycles. The highest BCUT2D eigenvalue weighted by Gasteiger charge is 2.12. The molecule has 8 heteroatoms. The largest absolute Gasteiger partial charge is 0.324 e. The lowest BCUT2D eigenvalue weighted by Gasteiger charge is -2.14. The van der Waals surface area contributed by atoms with Gasteiger partial charge in [0.05, 0.1) is 4.92 Å². The average molecular weight is 303 g/mol. The number of carbonyl (C=O) groups excluding carboxylic acids is 1. The van der Waals surface area contributed by atoms with E-state index in [9.17, 15) is 14.9 Å². The summed E-state index contributed by atoms with van der Waals surface area (Å²) in [6, 6.07) is 7.51. The van der Waals surface area contributed by atoms with Crippen LogP contribution in [0.15, 0.2) is 36.7 Å². The molecule has 0 bridgehead atoms. The Kier molecular flexibility index (Phi) is 4.84. The fourth-order valence-electron chi connectivity index (χ4n) is 1.99. The molecule has 116 valence electrons. The van der Waals surface area contributed by atoms with E-state index in [1.54, 1.807) is 0 Å². The molecule has 8 nitrogen and oxygen atoms in total. The molecule has 1 aromatic heterocycles. The number of benzene rings is 1. The fraction of sp³-hybridized carbons (Fsp3) is 0.286. The van der Waals surface area contributed by atoms with E-state index in [1.807, 2.05) is 43.3 Å². The molecule has 2 aromatic rings. The van der Waals surface area contributed by atoms with Gasteiger partial charge in [0.25, 0.3) is 0 Å². The number of nitrogens with one attached hydrogen (secondary N) is 1. The molecule has 0 unspecified atom stereocenters. The smallest absolute Gasteiger partial charge is 0.307 e. The van der Waals surface area contributed by atoms with Gasteiger partial charge in [0, 0.05) is 12.2 Å². The minimum atomic E-state index is -0.548. The molecule has 0 saturated carbocycles. The van der Waals surface area contributed by atoms with Crippen molar-refractivity contribution < 1.29 is 9.72 Å². The summed E-state index contributed by atoms with van der Waals surface area (Å²) in [6.45, 7) is 0.619. The Labute approximate surface area is 127 Å². The second kappa shape index (κ2) is 6.81. The van der Waals surface area contributed by atoms with Gasteiger partial charge in [-0.25, -0.2) is 0 Å². The number of anilines is 1. The molecule has 2 rings (SSSR count). The molecule has 0 atom stereocenters. The number of aromatic nitrogens is 2. The van der Waals surface area contributed by atoms with Crippen LogP contribution >= 0.6 is 0 Å². The van der Waals surface area contributed by atoms with E-state index in [2.05, 4.69) is 10.4 Å². The number of nitrogens with zero attached hydrogens (tertiary/aromatic N) is 4. The lowest BCUT2D eigenvalue weighted by atomic mass is 10.1. The quantitative estimate of drug-likeness (QED) is 0.644. The van der Waals surface area contributed by atoms with Crippen LogP contribution in [0.25, 0.3) is 0 Å². The predicted octanol–water partition coefficient (Wildman–Crippen LogP) is 1.49. The minimum Gasteiger partial charge on any atom is -0.324 e. The summed E-state index contributed by atoms with van der Waals surface area (Å²) in [6.07, 6.45) is 2.35. The topological polar surface area (TPSA) is 93.3 Å². The molecular formula is C14H17N5O3. The van der Waals surface area contributed by atoms with Crippen molar-refractivity contribution in [2.75, 3.05) is 19.4 Å². The number of carbonyl (C=O) groups is 1. The van der Waals surface area contributed by atoms with Gasteiger partial charge >= 0.3 is 5.69 Å². The highest BCUT2D eigenvalue weighted by Crippen LogP contribution is 2.16. The maximum atomic E-state index is 12.0. The third kappa shape index (κ3) is 4.13. The van der Waals surface area contributed by atoms with Crippen LogP contribution in [0.4, 0.5) is 11.4 Å². The normalized spacial score (nSPS) is 10.7. The number of hydrogen-bond acceptors (Lipinski definition) is 5. The monoisotopic (exact) mass is 303 g/mol. The van der Waals surface area contributed by atoms with Crippen LogP contribution in [0.2, 0.25) is 0 Å². The number of hydrogen-bond donors (Lipinski definition) is 1. The Morgan fingerprint density at radius 2 is 2.14 bits per heavy atom. The first-order valence-electron chi connectivity index (χ1n) is 6.65. The van der Waals surface area contributed by atoms with Gasteiger partial charge in [-0.2, -0.15) is 5.10 Å². The molecule has 1 aromatic carbocycles. The zero-order valence-electron chi connectivity index (χ0n) is 12.4. The molecule has 1 amide bonds. The highest BCUT2D eigenvalue weighted by molar-refractivity contribution is 5.91. The van der Waals surface area contributed by atoms with Crippen molar-refractivity contribution in [3.63, 3.8) is 0 Å². The second-order valence-electron chi connectivity index (χ2n) is 5.10. The number of nitro groups is 1. The highest BCUT2D eigenvalue weighted by atomic mass is 16.6. The molecule has 0 aliphatic carbocycles. The van der Waals surface area contributed by atoms with E-state index in [1.165, 1.54) is 10.9 Å². The predicted molar refractivity (Wildman–Crippen MR) is 81.3 cm³/mol. The van der Waals surface area contributed by atoms with Crippen molar-refractivity contribution in [1.82, 2.24) is 14.7 Å². The molecule has 0 fully saturated rings. The van der Waals surface area contributed by atoms with Gasteiger partial charge in [0.1, 0.15) is 18.9 Å². The second-order valence-corrected chi connectivity index (χ2v) is 5.10. The van der Waals surface area contributed by atoms with Crippen LogP contribution in [0.5, 0.6) is 0 Å². The molecule has 22 heavy (non-hydrogen) atoms. The van der Waals surface area contributed by atoms with Crippen LogP contribution in [-0.4, -0.2) is 39.6 Å². The van der Waals surface area contributed by atoms with Gasteiger partial charge in [-0.15, -0.1) is 0 Å². The lowest BCUT2D eigenvalue weighted by Crippen LogP contribution is -2.21. The number of para-hydroxylation sites is 1. The van der Waals surface area contributed by atoms with Gasteiger partial charge in [-0.3, -0.25) is 19.6 Å². The summed E-state index contributed by atoms with van der Waals surface area (Å²) in [5.41, 5.74) is 1.58. The zero-order chi connectivity index (χ0) is 16.1. The van der Waals surface area contributed by atoms with Crippen molar-refractivity contribution in [3.05, 3.63) is 52.3 Å². The summed E-state index contributed by atoms with van der Waals surface area (Å²) in [7, 11) is 3.89. The summed E-state index contributed by atoms with van der Waals surface area (Å²) in [5.74, 6) is -0.288. The van der Waals surface area contributed by atoms with E-state index in [4.69, 9.17) is 0 Å². The van der Waals surface area contributed by atoms with Crippen molar-refractivity contribution in [1.29, 1.82) is 0 Å².